The first-order valence-corrected chi connectivity index (χ1v) is 7.03. The second kappa shape index (κ2) is 4.93. The molecule has 0 radical (unpaired) electrons. The zero-order chi connectivity index (χ0) is 13.4. The smallest absolute Gasteiger partial charge is 0.124 e. The van der Waals surface area contributed by atoms with Gasteiger partial charge in [-0.1, -0.05) is 29.8 Å². The van der Waals surface area contributed by atoms with Gasteiger partial charge in [-0.2, -0.15) is 0 Å². The molecule has 1 unspecified atom stereocenters. The summed E-state index contributed by atoms with van der Waals surface area (Å²) in [5.74, 6) is -0.225. The van der Waals surface area contributed by atoms with Crippen LogP contribution in [0.1, 0.15) is 16.5 Å². The van der Waals surface area contributed by atoms with Crippen LogP contribution in [-0.4, -0.2) is 0 Å². The van der Waals surface area contributed by atoms with E-state index >= 15 is 0 Å². The number of benzene rings is 2. The minimum atomic E-state index is -0.237. The molecular formula is C15H11ClFNS. The Labute approximate surface area is 119 Å². The van der Waals surface area contributed by atoms with Crippen molar-refractivity contribution in [3.05, 3.63) is 69.8 Å². The van der Waals surface area contributed by atoms with Crippen molar-refractivity contribution in [2.45, 2.75) is 6.04 Å². The fourth-order valence-corrected chi connectivity index (χ4v) is 3.36. The zero-order valence-electron chi connectivity index (χ0n) is 9.94. The summed E-state index contributed by atoms with van der Waals surface area (Å²) in [5.41, 5.74) is 7.20. The zero-order valence-corrected chi connectivity index (χ0v) is 11.5. The van der Waals surface area contributed by atoms with E-state index in [1.165, 1.54) is 23.5 Å². The summed E-state index contributed by atoms with van der Waals surface area (Å²) in [4.78, 5) is 1.00. The maximum atomic E-state index is 13.2. The van der Waals surface area contributed by atoms with Gasteiger partial charge in [0.05, 0.1) is 6.04 Å². The maximum absolute atomic E-state index is 13.2. The summed E-state index contributed by atoms with van der Waals surface area (Å²) in [6, 6.07) is 14.0. The molecule has 19 heavy (non-hydrogen) atoms. The van der Waals surface area contributed by atoms with Gasteiger partial charge < -0.3 is 5.73 Å². The van der Waals surface area contributed by atoms with Crippen molar-refractivity contribution < 1.29 is 4.39 Å². The van der Waals surface area contributed by atoms with Crippen molar-refractivity contribution in [2.75, 3.05) is 0 Å². The van der Waals surface area contributed by atoms with E-state index in [9.17, 15) is 4.39 Å². The second-order valence-corrected chi connectivity index (χ2v) is 5.92. The van der Waals surface area contributed by atoms with Gasteiger partial charge in [0.2, 0.25) is 0 Å². The number of hydrogen-bond acceptors (Lipinski definition) is 2. The second-order valence-electron chi connectivity index (χ2n) is 4.36. The number of fused-ring (bicyclic) bond motifs is 1. The Bertz CT molecular complexity index is 738. The van der Waals surface area contributed by atoms with Crippen molar-refractivity contribution in [1.29, 1.82) is 0 Å². The van der Waals surface area contributed by atoms with Crippen molar-refractivity contribution >= 4 is 33.0 Å². The lowest BCUT2D eigenvalue weighted by atomic mass is 10.1. The topological polar surface area (TPSA) is 26.0 Å². The fraction of sp³-hybridized carbons (Fsp3) is 0.0667. The summed E-state index contributed by atoms with van der Waals surface area (Å²) in [6.45, 7) is 0. The Balaban J connectivity index is 2.04. The molecule has 0 saturated heterocycles. The molecule has 0 fully saturated rings. The molecule has 2 aromatic carbocycles. The molecule has 2 N–H and O–H groups in total. The van der Waals surface area contributed by atoms with Gasteiger partial charge in [-0.25, -0.2) is 4.39 Å². The van der Waals surface area contributed by atoms with Gasteiger partial charge in [0.25, 0.3) is 0 Å². The summed E-state index contributed by atoms with van der Waals surface area (Å²) >= 11 is 7.49. The molecule has 1 nitrogen and oxygen atoms in total. The van der Waals surface area contributed by atoms with Crippen LogP contribution >= 0.6 is 22.9 Å². The lowest BCUT2D eigenvalue weighted by Gasteiger charge is -2.09. The Morgan fingerprint density at radius 1 is 1.11 bits per heavy atom. The van der Waals surface area contributed by atoms with E-state index in [1.807, 2.05) is 30.3 Å². The van der Waals surface area contributed by atoms with Gasteiger partial charge in [0, 0.05) is 14.6 Å². The van der Waals surface area contributed by atoms with Crippen LogP contribution in [0.2, 0.25) is 5.02 Å². The number of thiophene rings is 1. The largest absolute Gasteiger partial charge is 0.320 e. The molecule has 4 heteroatoms. The lowest BCUT2D eigenvalue weighted by molar-refractivity contribution is 0.630. The summed E-state index contributed by atoms with van der Waals surface area (Å²) in [6.07, 6.45) is 0. The maximum Gasteiger partial charge on any atom is 0.124 e. The van der Waals surface area contributed by atoms with Crippen molar-refractivity contribution in [2.24, 2.45) is 5.73 Å². The third-order valence-corrected chi connectivity index (χ3v) is 4.43. The van der Waals surface area contributed by atoms with Crippen LogP contribution < -0.4 is 5.73 Å². The van der Waals surface area contributed by atoms with Crippen LogP contribution in [0.25, 0.3) is 10.1 Å². The summed E-state index contributed by atoms with van der Waals surface area (Å²) in [7, 11) is 0. The van der Waals surface area contributed by atoms with Crippen molar-refractivity contribution in [1.82, 2.24) is 0 Å². The first-order chi connectivity index (χ1) is 9.13. The fourth-order valence-electron chi connectivity index (χ4n) is 2.04. The minimum Gasteiger partial charge on any atom is -0.320 e. The van der Waals surface area contributed by atoms with Crippen LogP contribution in [0.5, 0.6) is 0 Å². The first-order valence-electron chi connectivity index (χ1n) is 5.83. The Morgan fingerprint density at radius 2 is 1.95 bits per heavy atom. The molecular weight excluding hydrogens is 281 g/mol. The molecule has 1 heterocycles. The Kier molecular flexibility index (Phi) is 3.27. The van der Waals surface area contributed by atoms with Crippen LogP contribution in [0, 0.1) is 5.82 Å². The van der Waals surface area contributed by atoms with E-state index in [1.54, 1.807) is 6.07 Å². The SMILES string of the molecule is NC(c1cccc(Cl)c1)c1cc2ccc(F)cc2s1. The van der Waals surface area contributed by atoms with Crippen LogP contribution in [0.3, 0.4) is 0 Å². The molecule has 1 atom stereocenters. The lowest BCUT2D eigenvalue weighted by Crippen LogP contribution is -2.09. The molecule has 96 valence electrons. The van der Waals surface area contributed by atoms with E-state index < -0.39 is 0 Å². The third kappa shape index (κ3) is 2.50. The number of hydrogen-bond donors (Lipinski definition) is 1. The summed E-state index contributed by atoms with van der Waals surface area (Å²) < 4.78 is 14.1. The van der Waals surface area contributed by atoms with Gasteiger partial charge in [-0.15, -0.1) is 11.3 Å². The van der Waals surface area contributed by atoms with Crippen molar-refractivity contribution in [3.63, 3.8) is 0 Å². The number of nitrogens with two attached hydrogens (primary N) is 1. The highest BCUT2D eigenvalue weighted by Gasteiger charge is 2.13. The van der Waals surface area contributed by atoms with Crippen molar-refractivity contribution in [3.8, 4) is 0 Å². The van der Waals surface area contributed by atoms with Crippen LogP contribution in [-0.2, 0) is 0 Å². The summed E-state index contributed by atoms with van der Waals surface area (Å²) in [5, 5.41) is 1.68. The highest BCUT2D eigenvalue weighted by Crippen LogP contribution is 2.32. The van der Waals surface area contributed by atoms with Gasteiger partial charge in [0.1, 0.15) is 5.82 Å². The normalized spacial score (nSPS) is 12.8. The van der Waals surface area contributed by atoms with Crippen LogP contribution in [0.4, 0.5) is 4.39 Å². The van der Waals surface area contributed by atoms with Gasteiger partial charge in [-0.05, 0) is 41.3 Å². The van der Waals surface area contributed by atoms with Gasteiger partial charge in [-0.3, -0.25) is 0 Å². The van der Waals surface area contributed by atoms with Gasteiger partial charge >= 0.3 is 0 Å². The number of halogens is 2. The highest BCUT2D eigenvalue weighted by atomic mass is 35.5. The predicted molar refractivity (Wildman–Crippen MR) is 79.3 cm³/mol. The Hall–Kier alpha value is -1.42. The third-order valence-electron chi connectivity index (χ3n) is 3.02. The average Bonchev–Trinajstić information content (AvgIpc) is 2.80. The average molecular weight is 292 g/mol. The molecule has 3 rings (SSSR count). The Morgan fingerprint density at radius 3 is 2.74 bits per heavy atom. The molecule has 0 aliphatic heterocycles. The molecule has 0 aliphatic carbocycles. The molecule has 1 aromatic heterocycles. The standard InChI is InChI=1S/C15H11ClFNS/c16-11-3-1-2-10(6-11)15(18)14-7-9-4-5-12(17)8-13(9)19-14/h1-8,15H,18H2. The molecule has 0 spiro atoms. The molecule has 3 aromatic rings. The van der Waals surface area contributed by atoms with E-state index in [0.717, 1.165) is 20.5 Å². The quantitative estimate of drug-likeness (QED) is 0.725. The monoisotopic (exact) mass is 291 g/mol. The van der Waals surface area contributed by atoms with E-state index in [4.69, 9.17) is 17.3 Å². The van der Waals surface area contributed by atoms with Crippen LogP contribution in [0.15, 0.2) is 48.5 Å². The highest BCUT2D eigenvalue weighted by molar-refractivity contribution is 7.19. The van der Waals surface area contributed by atoms with E-state index in [-0.39, 0.29) is 11.9 Å². The van der Waals surface area contributed by atoms with E-state index in [0.29, 0.717) is 5.02 Å². The van der Waals surface area contributed by atoms with E-state index in [2.05, 4.69) is 0 Å². The molecule has 0 bridgehead atoms. The predicted octanol–water partition coefficient (Wildman–Crippen LogP) is 4.74. The number of rotatable bonds is 2. The van der Waals surface area contributed by atoms with Gasteiger partial charge in [0.15, 0.2) is 0 Å². The molecule has 0 saturated carbocycles. The molecule has 0 aliphatic rings. The molecule has 0 amide bonds. The minimum absolute atomic E-state index is 0.225. The first kappa shape index (κ1) is 12.6.